The van der Waals surface area contributed by atoms with E-state index in [9.17, 15) is 0 Å². The Morgan fingerprint density at radius 2 is 1.85 bits per heavy atom. The second kappa shape index (κ2) is 8.95. The van der Waals surface area contributed by atoms with Crippen LogP contribution in [0.25, 0.3) is 16.7 Å². The molecule has 10 heteroatoms. The third kappa shape index (κ3) is 4.18. The van der Waals surface area contributed by atoms with Gasteiger partial charge in [-0.25, -0.2) is 19.2 Å². The van der Waals surface area contributed by atoms with Crippen molar-refractivity contribution < 1.29 is 14.3 Å². The van der Waals surface area contributed by atoms with Crippen LogP contribution in [0.5, 0.6) is 11.5 Å². The van der Waals surface area contributed by atoms with Gasteiger partial charge in [0.2, 0.25) is 0 Å². The summed E-state index contributed by atoms with van der Waals surface area (Å²) in [5.41, 5.74) is 3.37. The molecule has 5 rings (SSSR count). The van der Waals surface area contributed by atoms with Gasteiger partial charge in [0, 0.05) is 5.56 Å². The van der Waals surface area contributed by atoms with Crippen molar-refractivity contribution in [2.75, 3.05) is 14.2 Å². The van der Waals surface area contributed by atoms with E-state index in [0.717, 1.165) is 22.2 Å². The second-order valence-corrected chi connectivity index (χ2v) is 7.19. The van der Waals surface area contributed by atoms with Crippen LogP contribution in [0.15, 0.2) is 66.2 Å². The minimum atomic E-state index is 0.116. The van der Waals surface area contributed by atoms with Gasteiger partial charge in [-0.15, -0.1) is 5.10 Å². The normalized spacial score (nSPS) is 11.5. The predicted molar refractivity (Wildman–Crippen MR) is 122 cm³/mol. The van der Waals surface area contributed by atoms with Crippen LogP contribution in [-0.2, 0) is 18.0 Å². The number of hydrogen-bond acceptors (Lipinski definition) is 8. The number of nitrogens with zero attached hydrogens (tertiary/aromatic N) is 7. The molecule has 0 saturated carbocycles. The summed E-state index contributed by atoms with van der Waals surface area (Å²) in [6.07, 6.45) is 4.98. The lowest BCUT2D eigenvalue weighted by molar-refractivity contribution is 0.126. The van der Waals surface area contributed by atoms with E-state index in [-0.39, 0.29) is 6.61 Å². The molecule has 33 heavy (non-hydrogen) atoms. The van der Waals surface area contributed by atoms with Crippen LogP contribution in [0.4, 0.5) is 0 Å². The number of benzene rings is 2. The summed E-state index contributed by atoms with van der Waals surface area (Å²) in [5, 5.41) is 13.7. The van der Waals surface area contributed by atoms with E-state index in [4.69, 9.17) is 14.3 Å². The first-order valence-electron chi connectivity index (χ1n) is 10.2. The van der Waals surface area contributed by atoms with Crippen molar-refractivity contribution in [1.29, 1.82) is 0 Å². The molecule has 5 aromatic rings. The molecule has 0 aliphatic rings. The first kappa shape index (κ1) is 20.4. The largest absolute Gasteiger partial charge is 0.493 e. The van der Waals surface area contributed by atoms with Gasteiger partial charge in [0.05, 0.1) is 38.6 Å². The molecule has 0 atom stereocenters. The van der Waals surface area contributed by atoms with Gasteiger partial charge in [0.1, 0.15) is 6.33 Å². The van der Waals surface area contributed by atoms with E-state index in [0.29, 0.717) is 29.5 Å². The highest BCUT2D eigenvalue weighted by Gasteiger charge is 2.13. The van der Waals surface area contributed by atoms with Crippen LogP contribution in [0.3, 0.4) is 0 Å². The summed E-state index contributed by atoms with van der Waals surface area (Å²) < 4.78 is 14.0. The van der Waals surface area contributed by atoms with Crippen molar-refractivity contribution in [3.8, 4) is 11.5 Å². The molecular weight excluding hydrogens is 422 g/mol. The fraction of sp³-hybridized carbons (Fsp3) is 0.174. The number of aromatic nitrogens is 6. The predicted octanol–water partition coefficient (Wildman–Crippen LogP) is 3.09. The zero-order valence-electron chi connectivity index (χ0n) is 18.1. The summed E-state index contributed by atoms with van der Waals surface area (Å²) in [7, 11) is 3.18. The molecular formula is C23H21N7O3. The molecule has 0 unspecified atom stereocenters. The van der Waals surface area contributed by atoms with Crippen molar-refractivity contribution in [2.24, 2.45) is 5.16 Å². The molecule has 0 radical (unpaired) electrons. The van der Waals surface area contributed by atoms with Gasteiger partial charge in [-0.1, -0.05) is 35.5 Å². The van der Waals surface area contributed by atoms with Gasteiger partial charge in [0.15, 0.2) is 35.2 Å². The summed E-state index contributed by atoms with van der Waals surface area (Å²) >= 11 is 0. The number of ether oxygens (including phenoxy) is 2. The van der Waals surface area contributed by atoms with E-state index in [1.54, 1.807) is 43.5 Å². The zero-order valence-corrected chi connectivity index (χ0v) is 18.1. The van der Waals surface area contributed by atoms with Crippen LogP contribution in [0.1, 0.15) is 17.0 Å². The average molecular weight is 443 g/mol. The molecule has 0 spiro atoms. The standard InChI is InChI=1S/C23H21N7O3/c1-31-19-9-8-17(10-20(19)32-2)11-26-33-14-21-27-23-18-12-25-29(13-16-6-4-3-5-7-16)22(18)24-15-30(23)28-21/h3-12,15H,13-14H2,1-2H3. The number of oxime groups is 1. The summed E-state index contributed by atoms with van der Waals surface area (Å²) in [4.78, 5) is 14.5. The summed E-state index contributed by atoms with van der Waals surface area (Å²) in [6, 6.07) is 15.6. The Balaban J connectivity index is 1.30. The minimum absolute atomic E-state index is 0.116. The molecule has 3 heterocycles. The maximum atomic E-state index is 5.40. The van der Waals surface area contributed by atoms with Crippen molar-refractivity contribution >= 4 is 22.9 Å². The molecule has 0 amide bonds. The van der Waals surface area contributed by atoms with Gasteiger partial charge in [0.25, 0.3) is 0 Å². The highest BCUT2D eigenvalue weighted by Crippen LogP contribution is 2.26. The third-order valence-electron chi connectivity index (χ3n) is 5.07. The van der Waals surface area contributed by atoms with E-state index in [2.05, 4.69) is 37.5 Å². The van der Waals surface area contributed by atoms with Gasteiger partial charge < -0.3 is 14.3 Å². The second-order valence-electron chi connectivity index (χ2n) is 7.19. The lowest BCUT2D eigenvalue weighted by Crippen LogP contribution is -2.03. The van der Waals surface area contributed by atoms with Crippen molar-refractivity contribution in [2.45, 2.75) is 13.2 Å². The van der Waals surface area contributed by atoms with Crippen molar-refractivity contribution in [3.05, 3.63) is 78.0 Å². The lowest BCUT2D eigenvalue weighted by atomic mass is 10.2. The number of hydrogen-bond donors (Lipinski definition) is 0. The molecule has 0 aliphatic heterocycles. The van der Waals surface area contributed by atoms with E-state index in [1.165, 1.54) is 0 Å². The minimum Gasteiger partial charge on any atom is -0.493 e. The van der Waals surface area contributed by atoms with Gasteiger partial charge >= 0.3 is 0 Å². The van der Waals surface area contributed by atoms with Crippen LogP contribution in [0, 0.1) is 0 Å². The van der Waals surface area contributed by atoms with Gasteiger partial charge in [-0.3, -0.25) is 0 Å². The number of rotatable bonds is 8. The van der Waals surface area contributed by atoms with Crippen LogP contribution in [-0.4, -0.2) is 49.8 Å². The summed E-state index contributed by atoms with van der Waals surface area (Å²) in [5.74, 6) is 1.76. The molecule has 0 bridgehead atoms. The Kier molecular flexibility index (Phi) is 5.54. The van der Waals surface area contributed by atoms with E-state index >= 15 is 0 Å². The fourth-order valence-electron chi connectivity index (χ4n) is 3.47. The molecule has 10 nitrogen and oxygen atoms in total. The van der Waals surface area contributed by atoms with E-state index in [1.807, 2.05) is 35.0 Å². The van der Waals surface area contributed by atoms with Crippen molar-refractivity contribution in [3.63, 3.8) is 0 Å². The highest BCUT2D eigenvalue weighted by atomic mass is 16.6. The quantitative estimate of drug-likeness (QED) is 0.268. The Labute approximate surface area is 189 Å². The van der Waals surface area contributed by atoms with Crippen LogP contribution < -0.4 is 9.47 Å². The number of fused-ring (bicyclic) bond motifs is 3. The highest BCUT2D eigenvalue weighted by molar-refractivity contribution is 5.88. The van der Waals surface area contributed by atoms with Crippen molar-refractivity contribution in [1.82, 2.24) is 29.4 Å². The Hall–Kier alpha value is -4.47. The Bertz CT molecular complexity index is 1430. The molecule has 2 aromatic carbocycles. The first-order chi connectivity index (χ1) is 16.2. The zero-order chi connectivity index (χ0) is 22.6. The monoisotopic (exact) mass is 443 g/mol. The maximum Gasteiger partial charge on any atom is 0.192 e. The van der Waals surface area contributed by atoms with Crippen LogP contribution >= 0.6 is 0 Å². The van der Waals surface area contributed by atoms with E-state index < -0.39 is 0 Å². The average Bonchev–Trinajstić information content (AvgIpc) is 3.46. The van der Waals surface area contributed by atoms with Gasteiger partial charge in [-0.2, -0.15) is 5.10 Å². The maximum absolute atomic E-state index is 5.40. The topological polar surface area (TPSA) is 101 Å². The first-order valence-corrected chi connectivity index (χ1v) is 10.2. The Morgan fingerprint density at radius 1 is 1.00 bits per heavy atom. The fourth-order valence-corrected chi connectivity index (χ4v) is 3.47. The molecule has 0 fully saturated rings. The smallest absolute Gasteiger partial charge is 0.192 e. The lowest BCUT2D eigenvalue weighted by Gasteiger charge is -2.07. The van der Waals surface area contributed by atoms with Gasteiger partial charge in [-0.05, 0) is 23.8 Å². The molecule has 166 valence electrons. The summed E-state index contributed by atoms with van der Waals surface area (Å²) in [6.45, 7) is 0.744. The molecule has 0 N–H and O–H groups in total. The molecule has 0 aliphatic carbocycles. The molecule has 0 saturated heterocycles. The third-order valence-corrected chi connectivity index (χ3v) is 5.07. The Morgan fingerprint density at radius 3 is 2.67 bits per heavy atom. The number of methoxy groups -OCH3 is 2. The molecule has 3 aromatic heterocycles. The van der Waals surface area contributed by atoms with Crippen LogP contribution in [0.2, 0.25) is 0 Å². The SMILES string of the molecule is COc1ccc(C=NOCc2nc3c4cnn(Cc5ccccc5)c4ncn3n2)cc1OC.